The number of rotatable bonds is 5. The molecule has 8 heteroatoms. The minimum Gasteiger partial charge on any atom is -0.480 e. The molecule has 3 N–H and O–H groups in total. The molecule has 1 heterocycles. The Labute approximate surface area is 138 Å². The number of carboxylic acids is 1. The van der Waals surface area contributed by atoms with E-state index in [0.717, 1.165) is 16.0 Å². The van der Waals surface area contributed by atoms with Crippen LogP contribution in [0.15, 0.2) is 52.5 Å². The third kappa shape index (κ3) is 4.10. The second-order valence-corrected chi connectivity index (χ2v) is 8.58. The van der Waals surface area contributed by atoms with Gasteiger partial charge in [0, 0.05) is 22.9 Å². The highest BCUT2D eigenvalue weighted by molar-refractivity contribution is 8.01. The number of nitrogens with two attached hydrogens (primary N) is 1. The molecule has 0 fully saturated rings. The summed E-state index contributed by atoms with van der Waals surface area (Å²) < 4.78 is 21.6. The van der Waals surface area contributed by atoms with Crippen LogP contribution in [0, 0.1) is 0 Å². The number of aromatic nitrogens is 1. The molecule has 0 saturated carbocycles. The number of aliphatic carboxylic acids is 1. The van der Waals surface area contributed by atoms with Crippen molar-refractivity contribution in [2.45, 2.75) is 28.4 Å². The molecular formula is C15H16N2O4S2. The van der Waals surface area contributed by atoms with Crippen LogP contribution in [-0.4, -0.2) is 29.2 Å². The lowest BCUT2D eigenvalue weighted by Crippen LogP contribution is -2.27. The SMILES string of the molecule is CC(C)(Sc1ccncc1-c1ccc(S(N)(=O)=O)cc1)C(=O)O. The Morgan fingerprint density at radius 1 is 1.22 bits per heavy atom. The summed E-state index contributed by atoms with van der Waals surface area (Å²) in [6.07, 6.45) is 3.20. The maximum Gasteiger partial charge on any atom is 0.319 e. The number of nitrogens with zero attached hydrogens (tertiary/aromatic N) is 1. The summed E-state index contributed by atoms with van der Waals surface area (Å²) in [5.41, 5.74) is 1.46. The molecule has 0 bridgehead atoms. The number of hydrogen-bond donors (Lipinski definition) is 2. The number of pyridine rings is 1. The Morgan fingerprint density at radius 3 is 2.35 bits per heavy atom. The van der Waals surface area contributed by atoms with Crippen LogP contribution in [0.3, 0.4) is 0 Å². The van der Waals surface area contributed by atoms with Gasteiger partial charge in [0.2, 0.25) is 10.0 Å². The Morgan fingerprint density at radius 2 is 1.83 bits per heavy atom. The largest absolute Gasteiger partial charge is 0.480 e. The van der Waals surface area contributed by atoms with Crippen molar-refractivity contribution in [2.75, 3.05) is 0 Å². The Hall–Kier alpha value is -1.90. The van der Waals surface area contributed by atoms with Gasteiger partial charge in [0.25, 0.3) is 0 Å². The van der Waals surface area contributed by atoms with Crippen molar-refractivity contribution >= 4 is 27.8 Å². The summed E-state index contributed by atoms with van der Waals surface area (Å²) in [5, 5.41) is 14.4. The molecule has 1 aromatic heterocycles. The highest BCUT2D eigenvalue weighted by Crippen LogP contribution is 2.38. The second-order valence-electron chi connectivity index (χ2n) is 5.36. The van der Waals surface area contributed by atoms with Gasteiger partial charge in [-0.05, 0) is 37.6 Å². The number of carbonyl (C=O) groups is 1. The zero-order valence-corrected chi connectivity index (χ0v) is 14.2. The quantitative estimate of drug-likeness (QED) is 0.799. The van der Waals surface area contributed by atoms with Crippen molar-refractivity contribution in [2.24, 2.45) is 5.14 Å². The molecule has 2 aromatic rings. The van der Waals surface area contributed by atoms with E-state index in [1.54, 1.807) is 44.4 Å². The molecule has 0 aliphatic heterocycles. The topological polar surface area (TPSA) is 110 Å². The smallest absolute Gasteiger partial charge is 0.319 e. The molecular weight excluding hydrogens is 336 g/mol. The van der Waals surface area contributed by atoms with E-state index in [0.29, 0.717) is 0 Å². The average molecular weight is 352 g/mol. The second kappa shape index (κ2) is 6.31. The zero-order valence-electron chi connectivity index (χ0n) is 12.6. The lowest BCUT2D eigenvalue weighted by molar-refractivity contribution is -0.138. The van der Waals surface area contributed by atoms with Gasteiger partial charge in [-0.15, -0.1) is 11.8 Å². The monoisotopic (exact) mass is 352 g/mol. The number of hydrogen-bond acceptors (Lipinski definition) is 5. The lowest BCUT2D eigenvalue weighted by Gasteiger charge is -2.20. The fourth-order valence-electron chi connectivity index (χ4n) is 1.83. The summed E-state index contributed by atoms with van der Waals surface area (Å²) in [7, 11) is -3.75. The zero-order chi connectivity index (χ0) is 17.3. The predicted octanol–water partition coefficient (Wildman–Crippen LogP) is 2.35. The standard InChI is InChI=1S/C15H16N2O4S2/c1-15(2,14(18)19)22-13-7-8-17-9-12(13)10-3-5-11(6-4-10)23(16,20)21/h3-9H,1-2H3,(H,18,19)(H2,16,20,21). The van der Waals surface area contributed by atoms with Crippen LogP contribution in [0.2, 0.25) is 0 Å². The van der Waals surface area contributed by atoms with Gasteiger partial charge in [0.1, 0.15) is 4.75 Å². The third-order valence-electron chi connectivity index (χ3n) is 3.16. The van der Waals surface area contributed by atoms with Gasteiger partial charge in [-0.2, -0.15) is 0 Å². The Kier molecular flexibility index (Phi) is 4.79. The van der Waals surface area contributed by atoms with E-state index < -0.39 is 20.7 Å². The van der Waals surface area contributed by atoms with Crippen molar-refractivity contribution in [3.63, 3.8) is 0 Å². The summed E-state index contributed by atoms with van der Waals surface area (Å²) in [6.45, 7) is 3.24. The highest BCUT2D eigenvalue weighted by Gasteiger charge is 2.29. The van der Waals surface area contributed by atoms with E-state index in [1.165, 1.54) is 23.9 Å². The van der Waals surface area contributed by atoms with Crippen LogP contribution in [0.25, 0.3) is 11.1 Å². The van der Waals surface area contributed by atoms with E-state index in [4.69, 9.17) is 5.14 Å². The van der Waals surface area contributed by atoms with Crippen LogP contribution in [-0.2, 0) is 14.8 Å². The van der Waals surface area contributed by atoms with Crippen molar-refractivity contribution in [3.8, 4) is 11.1 Å². The minimum atomic E-state index is -3.75. The fourth-order valence-corrected chi connectivity index (χ4v) is 3.39. The van der Waals surface area contributed by atoms with Gasteiger partial charge in [-0.1, -0.05) is 12.1 Å². The molecule has 122 valence electrons. The van der Waals surface area contributed by atoms with Crippen LogP contribution in [0.4, 0.5) is 0 Å². The van der Waals surface area contributed by atoms with Crippen molar-refractivity contribution < 1.29 is 18.3 Å². The molecule has 1 aromatic carbocycles. The van der Waals surface area contributed by atoms with E-state index in [2.05, 4.69) is 4.98 Å². The van der Waals surface area contributed by atoms with E-state index in [1.807, 2.05) is 0 Å². The Balaban J connectivity index is 2.43. The normalized spacial score (nSPS) is 12.1. The Bertz CT molecular complexity index is 831. The first-order valence-corrected chi connectivity index (χ1v) is 8.97. The molecule has 23 heavy (non-hydrogen) atoms. The van der Waals surface area contributed by atoms with Gasteiger partial charge in [-0.25, -0.2) is 13.6 Å². The molecule has 0 aliphatic carbocycles. The van der Waals surface area contributed by atoms with Crippen molar-refractivity contribution in [3.05, 3.63) is 42.7 Å². The molecule has 0 radical (unpaired) electrons. The molecule has 6 nitrogen and oxygen atoms in total. The van der Waals surface area contributed by atoms with E-state index in [9.17, 15) is 18.3 Å². The maximum atomic E-state index is 11.3. The van der Waals surface area contributed by atoms with Gasteiger partial charge in [-0.3, -0.25) is 9.78 Å². The molecule has 0 amide bonds. The van der Waals surface area contributed by atoms with Crippen molar-refractivity contribution in [1.82, 2.24) is 4.98 Å². The molecule has 0 spiro atoms. The molecule has 2 rings (SSSR count). The fraction of sp³-hybridized carbons (Fsp3) is 0.200. The van der Waals surface area contributed by atoms with E-state index in [-0.39, 0.29) is 4.90 Å². The first kappa shape index (κ1) is 17.5. The lowest BCUT2D eigenvalue weighted by atomic mass is 10.1. The molecule has 0 aliphatic rings. The number of primary sulfonamides is 1. The number of benzene rings is 1. The maximum absolute atomic E-state index is 11.3. The van der Waals surface area contributed by atoms with Gasteiger partial charge in [0.15, 0.2) is 0 Å². The molecule has 0 unspecified atom stereocenters. The first-order valence-electron chi connectivity index (χ1n) is 6.61. The van der Waals surface area contributed by atoms with Crippen LogP contribution in [0.1, 0.15) is 13.8 Å². The van der Waals surface area contributed by atoms with E-state index >= 15 is 0 Å². The molecule has 0 atom stereocenters. The summed E-state index contributed by atoms with van der Waals surface area (Å²) >= 11 is 1.20. The molecule has 0 saturated heterocycles. The van der Waals surface area contributed by atoms with Gasteiger partial charge >= 0.3 is 5.97 Å². The number of thioether (sulfide) groups is 1. The first-order chi connectivity index (χ1) is 10.6. The number of sulfonamides is 1. The third-order valence-corrected chi connectivity index (χ3v) is 5.35. The summed E-state index contributed by atoms with van der Waals surface area (Å²) in [4.78, 5) is 16.1. The van der Waals surface area contributed by atoms with Crippen molar-refractivity contribution in [1.29, 1.82) is 0 Å². The van der Waals surface area contributed by atoms with Crippen LogP contribution < -0.4 is 5.14 Å². The van der Waals surface area contributed by atoms with Crippen LogP contribution >= 0.6 is 11.8 Å². The van der Waals surface area contributed by atoms with Crippen LogP contribution in [0.5, 0.6) is 0 Å². The minimum absolute atomic E-state index is 0.0187. The van der Waals surface area contributed by atoms with Gasteiger partial charge in [0.05, 0.1) is 4.90 Å². The highest BCUT2D eigenvalue weighted by atomic mass is 32.2. The average Bonchev–Trinajstić information content (AvgIpc) is 2.46. The van der Waals surface area contributed by atoms with Gasteiger partial charge < -0.3 is 5.11 Å². The summed E-state index contributed by atoms with van der Waals surface area (Å²) in [5.74, 6) is -0.921. The predicted molar refractivity (Wildman–Crippen MR) is 88.6 cm³/mol. The summed E-state index contributed by atoms with van der Waals surface area (Å²) in [6, 6.07) is 7.80. The number of carboxylic acid groups (broad SMARTS) is 1.